The fraction of sp³-hybridized carbons (Fsp3) is 0.941. The molecule has 3 aliphatic rings. The van der Waals surface area contributed by atoms with Crippen LogP contribution in [0.2, 0.25) is 0 Å². The van der Waals surface area contributed by atoms with Crippen LogP contribution < -0.4 is 5.32 Å². The Morgan fingerprint density at radius 3 is 2.45 bits per heavy atom. The van der Waals surface area contributed by atoms with E-state index in [4.69, 9.17) is 0 Å². The smallest absolute Gasteiger partial charge is 0.219 e. The summed E-state index contributed by atoms with van der Waals surface area (Å²) in [4.78, 5) is 19.1. The fourth-order valence-electron chi connectivity index (χ4n) is 4.32. The molecule has 22 heavy (non-hydrogen) atoms. The number of carbonyl (C=O) groups excluding carboxylic acids is 1. The number of likely N-dealkylation sites (N-methyl/N-ethyl adjacent to an activating group) is 1. The molecule has 1 amide bonds. The minimum Gasteiger partial charge on any atom is -0.353 e. The largest absolute Gasteiger partial charge is 0.353 e. The van der Waals surface area contributed by atoms with E-state index in [0.717, 1.165) is 0 Å². The maximum Gasteiger partial charge on any atom is 0.219 e. The minimum absolute atomic E-state index is 0.213. The highest BCUT2D eigenvalue weighted by Crippen LogP contribution is 2.48. The van der Waals surface area contributed by atoms with Gasteiger partial charge in [-0.25, -0.2) is 0 Å². The van der Waals surface area contributed by atoms with E-state index in [0.29, 0.717) is 17.9 Å². The van der Waals surface area contributed by atoms with Crippen LogP contribution in [0.5, 0.6) is 0 Å². The molecule has 0 bridgehead atoms. The first kappa shape index (κ1) is 16.2. The van der Waals surface area contributed by atoms with Crippen molar-refractivity contribution in [1.29, 1.82) is 0 Å². The van der Waals surface area contributed by atoms with Crippen molar-refractivity contribution in [2.24, 2.45) is 5.41 Å². The highest BCUT2D eigenvalue weighted by Gasteiger charge is 2.48. The summed E-state index contributed by atoms with van der Waals surface area (Å²) in [5.41, 5.74) is 0.522. The SMILES string of the molecule is CCC(=O)NC1CC2(CCN(CCN3CCN(C)CC3)C2)C1. The Kier molecular flexibility index (Phi) is 5.05. The second-order valence-corrected chi connectivity index (χ2v) is 7.70. The molecule has 2 heterocycles. The lowest BCUT2D eigenvalue weighted by molar-refractivity contribution is -0.123. The number of nitrogens with one attached hydrogen (secondary N) is 1. The summed E-state index contributed by atoms with van der Waals surface area (Å²) in [6.45, 7) is 11.7. The summed E-state index contributed by atoms with van der Waals surface area (Å²) in [5, 5.41) is 3.15. The molecule has 2 aliphatic heterocycles. The van der Waals surface area contributed by atoms with Gasteiger partial charge in [-0.1, -0.05) is 6.92 Å². The lowest BCUT2D eigenvalue weighted by Gasteiger charge is -2.45. The molecular formula is C17H32N4O. The van der Waals surface area contributed by atoms with E-state index in [9.17, 15) is 4.79 Å². The number of hydrogen-bond acceptors (Lipinski definition) is 4. The Bertz CT molecular complexity index is 386. The number of amides is 1. The number of carbonyl (C=O) groups is 1. The molecule has 3 fully saturated rings. The number of likely N-dealkylation sites (tertiary alicyclic amines) is 1. The molecule has 1 spiro atoms. The Labute approximate surface area is 135 Å². The Morgan fingerprint density at radius 1 is 1.09 bits per heavy atom. The van der Waals surface area contributed by atoms with Crippen LogP contribution in [-0.2, 0) is 4.79 Å². The Balaban J connectivity index is 1.34. The summed E-state index contributed by atoms with van der Waals surface area (Å²) in [7, 11) is 2.21. The molecule has 3 rings (SSSR count). The maximum absolute atomic E-state index is 11.5. The predicted molar refractivity (Wildman–Crippen MR) is 88.9 cm³/mol. The zero-order chi connectivity index (χ0) is 15.6. The maximum atomic E-state index is 11.5. The first-order chi connectivity index (χ1) is 10.6. The van der Waals surface area contributed by atoms with Gasteiger partial charge in [-0.15, -0.1) is 0 Å². The van der Waals surface area contributed by atoms with Crippen LogP contribution in [0, 0.1) is 5.41 Å². The summed E-state index contributed by atoms with van der Waals surface area (Å²) >= 11 is 0. The van der Waals surface area contributed by atoms with Gasteiger partial charge >= 0.3 is 0 Å². The lowest BCUT2D eigenvalue weighted by atomic mass is 9.65. The van der Waals surface area contributed by atoms with Crippen LogP contribution in [0.25, 0.3) is 0 Å². The number of nitrogens with zero attached hydrogens (tertiary/aromatic N) is 3. The van der Waals surface area contributed by atoms with E-state index in [1.54, 1.807) is 0 Å². The quantitative estimate of drug-likeness (QED) is 0.808. The van der Waals surface area contributed by atoms with E-state index in [-0.39, 0.29) is 5.91 Å². The molecule has 126 valence electrons. The van der Waals surface area contributed by atoms with E-state index >= 15 is 0 Å². The van der Waals surface area contributed by atoms with Gasteiger partial charge in [0.15, 0.2) is 0 Å². The molecule has 0 radical (unpaired) electrons. The topological polar surface area (TPSA) is 38.8 Å². The summed E-state index contributed by atoms with van der Waals surface area (Å²) in [5.74, 6) is 0.213. The summed E-state index contributed by atoms with van der Waals surface area (Å²) < 4.78 is 0. The van der Waals surface area contributed by atoms with Crippen LogP contribution >= 0.6 is 0 Å². The monoisotopic (exact) mass is 308 g/mol. The average Bonchev–Trinajstić information content (AvgIpc) is 2.90. The first-order valence-corrected chi connectivity index (χ1v) is 9.01. The average molecular weight is 308 g/mol. The third-order valence-corrected chi connectivity index (χ3v) is 5.89. The third kappa shape index (κ3) is 3.81. The van der Waals surface area contributed by atoms with Gasteiger partial charge in [0.25, 0.3) is 0 Å². The minimum atomic E-state index is 0.213. The molecular weight excluding hydrogens is 276 g/mol. The van der Waals surface area contributed by atoms with E-state index in [2.05, 4.69) is 27.1 Å². The van der Waals surface area contributed by atoms with Crippen molar-refractivity contribution in [3.63, 3.8) is 0 Å². The second kappa shape index (κ2) is 6.85. The van der Waals surface area contributed by atoms with Gasteiger partial charge in [0.1, 0.15) is 0 Å². The number of piperazine rings is 1. The van der Waals surface area contributed by atoms with Crippen LogP contribution in [0.3, 0.4) is 0 Å². The molecule has 0 aromatic rings. The van der Waals surface area contributed by atoms with Gasteiger partial charge < -0.3 is 15.1 Å². The van der Waals surface area contributed by atoms with Crippen LogP contribution in [0.15, 0.2) is 0 Å². The van der Waals surface area contributed by atoms with Crippen molar-refractivity contribution in [3.05, 3.63) is 0 Å². The van der Waals surface area contributed by atoms with Crippen molar-refractivity contribution in [3.8, 4) is 0 Å². The number of rotatable bonds is 5. The third-order valence-electron chi connectivity index (χ3n) is 5.89. The predicted octanol–water partition coefficient (Wildman–Crippen LogP) is 0.615. The zero-order valence-electron chi connectivity index (χ0n) is 14.3. The molecule has 0 aromatic heterocycles. The molecule has 0 unspecified atom stereocenters. The summed E-state index contributed by atoms with van der Waals surface area (Å²) in [6.07, 6.45) is 4.34. The molecule has 1 aliphatic carbocycles. The van der Waals surface area contributed by atoms with Crippen molar-refractivity contribution >= 4 is 5.91 Å². The van der Waals surface area contributed by atoms with Gasteiger partial charge in [-0.2, -0.15) is 0 Å². The van der Waals surface area contributed by atoms with Gasteiger partial charge in [0, 0.05) is 58.3 Å². The highest BCUT2D eigenvalue weighted by molar-refractivity contribution is 5.75. The Morgan fingerprint density at radius 2 is 1.77 bits per heavy atom. The van der Waals surface area contributed by atoms with Crippen molar-refractivity contribution < 1.29 is 4.79 Å². The van der Waals surface area contributed by atoms with Crippen LogP contribution in [-0.4, -0.2) is 86.1 Å². The molecule has 0 atom stereocenters. The molecule has 1 saturated carbocycles. The van der Waals surface area contributed by atoms with Gasteiger partial charge in [-0.3, -0.25) is 9.69 Å². The first-order valence-electron chi connectivity index (χ1n) is 9.01. The molecule has 1 N–H and O–H groups in total. The lowest BCUT2D eigenvalue weighted by Crippen LogP contribution is -2.52. The normalized spacial score (nSPS) is 34.0. The van der Waals surface area contributed by atoms with E-state index in [1.165, 1.54) is 71.6 Å². The van der Waals surface area contributed by atoms with Gasteiger partial charge in [0.2, 0.25) is 5.91 Å². The summed E-state index contributed by atoms with van der Waals surface area (Å²) in [6, 6.07) is 0.449. The zero-order valence-corrected chi connectivity index (χ0v) is 14.3. The van der Waals surface area contributed by atoms with E-state index in [1.807, 2.05) is 6.92 Å². The molecule has 0 aromatic carbocycles. The highest BCUT2D eigenvalue weighted by atomic mass is 16.1. The van der Waals surface area contributed by atoms with Crippen molar-refractivity contribution in [2.45, 2.75) is 38.6 Å². The molecule has 5 heteroatoms. The Hall–Kier alpha value is -0.650. The van der Waals surface area contributed by atoms with Gasteiger partial charge in [-0.05, 0) is 38.3 Å². The van der Waals surface area contributed by atoms with Crippen LogP contribution in [0.4, 0.5) is 0 Å². The second-order valence-electron chi connectivity index (χ2n) is 7.70. The standard InChI is InChI=1S/C17H32N4O/c1-3-16(22)18-15-12-17(13-15)4-5-21(14-17)11-10-20-8-6-19(2)7-9-20/h15H,3-14H2,1-2H3,(H,18,22). The van der Waals surface area contributed by atoms with Gasteiger partial charge in [0.05, 0.1) is 0 Å². The molecule has 2 saturated heterocycles. The van der Waals surface area contributed by atoms with Crippen molar-refractivity contribution in [1.82, 2.24) is 20.0 Å². The van der Waals surface area contributed by atoms with Crippen molar-refractivity contribution in [2.75, 3.05) is 59.4 Å². The number of hydrogen-bond donors (Lipinski definition) is 1. The fourth-order valence-corrected chi connectivity index (χ4v) is 4.32. The van der Waals surface area contributed by atoms with E-state index < -0.39 is 0 Å². The van der Waals surface area contributed by atoms with Crippen LogP contribution in [0.1, 0.15) is 32.6 Å². The molecule has 5 nitrogen and oxygen atoms in total.